The van der Waals surface area contributed by atoms with Crippen molar-refractivity contribution in [3.05, 3.63) is 35.9 Å². The summed E-state index contributed by atoms with van der Waals surface area (Å²) in [6.45, 7) is 2.30. The van der Waals surface area contributed by atoms with E-state index >= 15 is 0 Å². The Kier molecular flexibility index (Phi) is 20.1. The van der Waals surface area contributed by atoms with Gasteiger partial charge in [-0.1, -0.05) is 159 Å². The zero-order valence-electron chi connectivity index (χ0n) is 20.2. The molecular formula is C30H50. The summed E-state index contributed by atoms with van der Waals surface area (Å²) in [4.78, 5) is 0. The molecule has 0 heterocycles. The van der Waals surface area contributed by atoms with Crippen molar-refractivity contribution in [2.75, 3.05) is 0 Å². The van der Waals surface area contributed by atoms with Crippen LogP contribution in [0.2, 0.25) is 0 Å². The van der Waals surface area contributed by atoms with Crippen molar-refractivity contribution in [3.63, 3.8) is 0 Å². The highest BCUT2D eigenvalue weighted by molar-refractivity contribution is 5.33. The lowest BCUT2D eigenvalue weighted by Crippen LogP contribution is -1.84. The Morgan fingerprint density at radius 1 is 0.467 bits per heavy atom. The highest BCUT2D eigenvalue weighted by atomic mass is 14.0. The first-order valence-electron chi connectivity index (χ1n) is 13.5. The third kappa shape index (κ3) is 18.8. The number of hydrogen-bond acceptors (Lipinski definition) is 0. The van der Waals surface area contributed by atoms with Crippen molar-refractivity contribution >= 4 is 0 Å². The molecule has 1 rings (SSSR count). The van der Waals surface area contributed by atoms with E-state index < -0.39 is 0 Å². The van der Waals surface area contributed by atoms with Crippen LogP contribution in [-0.2, 0) is 0 Å². The van der Waals surface area contributed by atoms with Crippen LogP contribution in [0.25, 0.3) is 0 Å². The molecule has 0 atom stereocenters. The first kappa shape index (κ1) is 26.8. The Labute approximate surface area is 189 Å². The SMILES string of the molecule is CCCCCCCCCCCCCCCCCCCCCCC#Cc1ccccc1. The molecule has 0 nitrogen and oxygen atoms in total. The second-order valence-corrected chi connectivity index (χ2v) is 9.14. The molecule has 170 valence electrons. The van der Waals surface area contributed by atoms with Gasteiger partial charge in [0.15, 0.2) is 0 Å². The fourth-order valence-corrected chi connectivity index (χ4v) is 4.15. The molecule has 30 heavy (non-hydrogen) atoms. The third-order valence-electron chi connectivity index (χ3n) is 6.16. The van der Waals surface area contributed by atoms with E-state index in [4.69, 9.17) is 0 Å². The Bertz CT molecular complexity index is 504. The van der Waals surface area contributed by atoms with Gasteiger partial charge in [0, 0.05) is 12.0 Å². The molecule has 0 aliphatic heterocycles. The van der Waals surface area contributed by atoms with E-state index in [1.165, 1.54) is 128 Å². The van der Waals surface area contributed by atoms with E-state index in [2.05, 4.69) is 43.0 Å². The van der Waals surface area contributed by atoms with Crippen LogP contribution in [-0.4, -0.2) is 0 Å². The van der Waals surface area contributed by atoms with Gasteiger partial charge in [-0.25, -0.2) is 0 Å². The number of hydrogen-bond donors (Lipinski definition) is 0. The lowest BCUT2D eigenvalue weighted by molar-refractivity contribution is 0.522. The van der Waals surface area contributed by atoms with Crippen LogP contribution in [0.5, 0.6) is 0 Å². The molecule has 0 saturated carbocycles. The molecule has 0 aliphatic rings. The predicted octanol–water partition coefficient (Wildman–Crippen LogP) is 10.3. The molecule has 0 N–H and O–H groups in total. The molecule has 1 aromatic carbocycles. The molecule has 0 saturated heterocycles. The van der Waals surface area contributed by atoms with Crippen molar-refractivity contribution in [1.29, 1.82) is 0 Å². The Balaban J connectivity index is 1.70. The molecule has 1 aromatic rings. The van der Waals surface area contributed by atoms with Crippen LogP contribution in [0.1, 0.15) is 147 Å². The average molecular weight is 411 g/mol. The van der Waals surface area contributed by atoms with Crippen LogP contribution >= 0.6 is 0 Å². The fourth-order valence-electron chi connectivity index (χ4n) is 4.15. The second kappa shape index (κ2) is 22.5. The van der Waals surface area contributed by atoms with E-state index in [-0.39, 0.29) is 0 Å². The zero-order chi connectivity index (χ0) is 21.4. The van der Waals surface area contributed by atoms with Gasteiger partial charge < -0.3 is 0 Å². The second-order valence-electron chi connectivity index (χ2n) is 9.14. The quantitative estimate of drug-likeness (QED) is 0.148. The van der Waals surface area contributed by atoms with Crippen LogP contribution < -0.4 is 0 Å². The molecule has 0 aromatic heterocycles. The van der Waals surface area contributed by atoms with Gasteiger partial charge in [-0.05, 0) is 18.6 Å². The number of benzene rings is 1. The van der Waals surface area contributed by atoms with Crippen molar-refractivity contribution < 1.29 is 0 Å². The van der Waals surface area contributed by atoms with Crippen molar-refractivity contribution in [1.82, 2.24) is 0 Å². The summed E-state index contributed by atoms with van der Waals surface area (Å²) in [5.74, 6) is 6.57. The Hall–Kier alpha value is -1.22. The van der Waals surface area contributed by atoms with E-state index in [0.717, 1.165) is 12.0 Å². The smallest absolute Gasteiger partial charge is 0.0245 e. The number of unbranched alkanes of at least 4 members (excludes halogenated alkanes) is 20. The fraction of sp³-hybridized carbons (Fsp3) is 0.733. The summed E-state index contributed by atoms with van der Waals surface area (Å²) in [6, 6.07) is 10.3. The van der Waals surface area contributed by atoms with Crippen molar-refractivity contribution in [3.8, 4) is 11.8 Å². The van der Waals surface area contributed by atoms with E-state index in [1.54, 1.807) is 0 Å². The zero-order valence-corrected chi connectivity index (χ0v) is 20.2. The molecule has 0 bridgehead atoms. The van der Waals surface area contributed by atoms with Crippen molar-refractivity contribution in [2.45, 2.75) is 142 Å². The maximum absolute atomic E-state index is 3.31. The first-order chi connectivity index (χ1) is 14.9. The summed E-state index contributed by atoms with van der Waals surface area (Å²) < 4.78 is 0. The van der Waals surface area contributed by atoms with Crippen molar-refractivity contribution in [2.24, 2.45) is 0 Å². The van der Waals surface area contributed by atoms with E-state index in [9.17, 15) is 0 Å². The average Bonchev–Trinajstić information content (AvgIpc) is 2.78. The molecule has 0 amide bonds. The maximum atomic E-state index is 3.31. The standard InChI is InChI=1S/C30H50/c1-2-3-4-5-6-7-8-9-10-11-12-13-14-15-16-17-18-19-20-21-22-24-27-30-28-25-23-26-29-30/h23,25-26,28-29H,2-22H2,1H3. The summed E-state index contributed by atoms with van der Waals surface area (Å²) in [7, 11) is 0. The summed E-state index contributed by atoms with van der Waals surface area (Å²) in [6.07, 6.45) is 29.8. The third-order valence-corrected chi connectivity index (χ3v) is 6.16. The van der Waals surface area contributed by atoms with Gasteiger partial charge in [0.2, 0.25) is 0 Å². The molecule has 0 aliphatic carbocycles. The van der Waals surface area contributed by atoms with Gasteiger partial charge in [0.05, 0.1) is 0 Å². The monoisotopic (exact) mass is 410 g/mol. The lowest BCUT2D eigenvalue weighted by Gasteiger charge is -2.04. The van der Waals surface area contributed by atoms with Crippen LogP contribution in [0, 0.1) is 11.8 Å². The van der Waals surface area contributed by atoms with Crippen LogP contribution in [0.4, 0.5) is 0 Å². The van der Waals surface area contributed by atoms with Gasteiger partial charge in [-0.2, -0.15) is 0 Å². The Morgan fingerprint density at radius 3 is 1.23 bits per heavy atom. The van der Waals surface area contributed by atoms with E-state index in [1.807, 2.05) is 6.07 Å². The summed E-state index contributed by atoms with van der Waals surface area (Å²) in [5.41, 5.74) is 1.14. The largest absolute Gasteiger partial charge is 0.0979 e. The minimum Gasteiger partial charge on any atom is -0.0979 e. The van der Waals surface area contributed by atoms with Gasteiger partial charge in [0.25, 0.3) is 0 Å². The minimum atomic E-state index is 1.05. The highest BCUT2D eigenvalue weighted by Crippen LogP contribution is 2.15. The predicted molar refractivity (Wildman–Crippen MR) is 136 cm³/mol. The normalized spacial score (nSPS) is 10.7. The highest BCUT2D eigenvalue weighted by Gasteiger charge is 1.95. The Morgan fingerprint density at radius 2 is 0.833 bits per heavy atom. The maximum Gasteiger partial charge on any atom is 0.0245 e. The van der Waals surface area contributed by atoms with Gasteiger partial charge in [-0.15, -0.1) is 0 Å². The van der Waals surface area contributed by atoms with Gasteiger partial charge >= 0.3 is 0 Å². The molecule has 0 radical (unpaired) electrons. The van der Waals surface area contributed by atoms with Crippen LogP contribution in [0.15, 0.2) is 30.3 Å². The topological polar surface area (TPSA) is 0 Å². The molecular weight excluding hydrogens is 360 g/mol. The van der Waals surface area contributed by atoms with Crippen LogP contribution in [0.3, 0.4) is 0 Å². The lowest BCUT2D eigenvalue weighted by atomic mass is 10.0. The summed E-state index contributed by atoms with van der Waals surface area (Å²) >= 11 is 0. The molecule has 0 spiro atoms. The first-order valence-corrected chi connectivity index (χ1v) is 13.5. The van der Waals surface area contributed by atoms with Gasteiger partial charge in [-0.3, -0.25) is 0 Å². The minimum absolute atomic E-state index is 1.05. The molecule has 0 heteroatoms. The number of rotatable bonds is 20. The molecule has 0 unspecified atom stereocenters. The molecule has 0 fully saturated rings. The van der Waals surface area contributed by atoms with E-state index in [0.29, 0.717) is 0 Å². The summed E-state index contributed by atoms with van der Waals surface area (Å²) in [5, 5.41) is 0. The van der Waals surface area contributed by atoms with Gasteiger partial charge in [0.1, 0.15) is 0 Å².